The Morgan fingerprint density at radius 2 is 1.58 bits per heavy atom. The lowest BCUT2D eigenvalue weighted by molar-refractivity contribution is -0.132. The summed E-state index contributed by atoms with van der Waals surface area (Å²) in [5, 5.41) is 1.18. The van der Waals surface area contributed by atoms with E-state index in [1.807, 2.05) is 79.7 Å². The fourth-order valence-electron chi connectivity index (χ4n) is 3.40. The van der Waals surface area contributed by atoms with E-state index in [1.165, 1.54) is 14.6 Å². The monoisotopic (exact) mass is 482 g/mol. The normalized spacial score (nSPS) is 12.0. The smallest absolute Gasteiger partial charge is 0.238 e. The Morgan fingerprint density at radius 3 is 2.15 bits per heavy atom. The molecule has 174 valence electrons. The number of sulfonamides is 1. The molecule has 1 aromatic heterocycles. The van der Waals surface area contributed by atoms with E-state index in [1.54, 1.807) is 36.2 Å². The Hall–Kier alpha value is -2.74. The Kier molecular flexibility index (Phi) is 8.61. The summed E-state index contributed by atoms with van der Waals surface area (Å²) in [6.07, 6.45) is 1.56. The van der Waals surface area contributed by atoms with Crippen LogP contribution in [0.1, 0.15) is 34.7 Å². The third-order valence-corrected chi connectivity index (χ3v) is 7.81. The topological polar surface area (TPSA) is 57.7 Å². The molecule has 0 unspecified atom stereocenters. The molecule has 3 aromatic rings. The van der Waals surface area contributed by atoms with Gasteiger partial charge in [-0.15, -0.1) is 11.3 Å². The molecule has 2 aromatic carbocycles. The van der Waals surface area contributed by atoms with E-state index in [-0.39, 0.29) is 18.5 Å². The molecule has 0 saturated carbocycles. The predicted octanol–water partition coefficient (Wildman–Crippen LogP) is 5.30. The van der Waals surface area contributed by atoms with E-state index >= 15 is 0 Å². The van der Waals surface area contributed by atoms with Crippen LogP contribution in [0.25, 0.3) is 6.08 Å². The standard InChI is InChI=1S/C26H30N2O3S2/c1-21(2)28(33(30,31)17-16-23-10-6-4-7-11-23)20-26(29)27(18-24-12-8-5-9-13-24)19-25-15-14-22(3)32-25/h4-17,21H,18-20H2,1-3H3/b17-16+. The molecule has 5 nitrogen and oxygen atoms in total. The lowest BCUT2D eigenvalue weighted by atomic mass is 10.2. The molecule has 0 aliphatic rings. The number of carbonyl (C=O) groups excluding carboxylic acids is 1. The lowest BCUT2D eigenvalue weighted by Gasteiger charge is -2.28. The van der Waals surface area contributed by atoms with Gasteiger partial charge in [0.1, 0.15) is 0 Å². The molecule has 0 N–H and O–H groups in total. The fraction of sp³-hybridized carbons (Fsp3) is 0.269. The van der Waals surface area contributed by atoms with Crippen LogP contribution >= 0.6 is 11.3 Å². The van der Waals surface area contributed by atoms with Crippen molar-refractivity contribution in [2.45, 2.75) is 39.9 Å². The van der Waals surface area contributed by atoms with Crippen molar-refractivity contribution in [3.63, 3.8) is 0 Å². The molecule has 0 saturated heterocycles. The van der Waals surface area contributed by atoms with Crippen molar-refractivity contribution in [2.75, 3.05) is 6.54 Å². The van der Waals surface area contributed by atoms with Crippen LogP contribution in [0.15, 0.2) is 78.2 Å². The van der Waals surface area contributed by atoms with Crippen molar-refractivity contribution in [1.29, 1.82) is 0 Å². The van der Waals surface area contributed by atoms with Gasteiger partial charge in [-0.25, -0.2) is 8.42 Å². The average Bonchev–Trinajstić information content (AvgIpc) is 3.21. The van der Waals surface area contributed by atoms with Gasteiger partial charge in [0, 0.05) is 27.7 Å². The van der Waals surface area contributed by atoms with Crippen molar-refractivity contribution in [3.8, 4) is 0 Å². The molecule has 0 radical (unpaired) electrons. The second kappa shape index (κ2) is 11.4. The first kappa shape index (κ1) is 24.9. The van der Waals surface area contributed by atoms with E-state index in [0.29, 0.717) is 13.1 Å². The summed E-state index contributed by atoms with van der Waals surface area (Å²) in [4.78, 5) is 17.4. The van der Waals surface area contributed by atoms with Gasteiger partial charge in [-0.05, 0) is 50.1 Å². The van der Waals surface area contributed by atoms with Crippen molar-refractivity contribution in [2.24, 2.45) is 0 Å². The van der Waals surface area contributed by atoms with Crippen LogP contribution in [0.2, 0.25) is 0 Å². The SMILES string of the molecule is Cc1ccc(CN(Cc2ccccc2)C(=O)CN(C(C)C)S(=O)(=O)/C=C/c2ccccc2)s1. The number of nitrogens with zero attached hydrogens (tertiary/aromatic N) is 2. The van der Waals surface area contributed by atoms with E-state index in [0.717, 1.165) is 16.0 Å². The van der Waals surface area contributed by atoms with Crippen molar-refractivity contribution in [1.82, 2.24) is 9.21 Å². The van der Waals surface area contributed by atoms with Gasteiger partial charge in [-0.1, -0.05) is 60.7 Å². The van der Waals surface area contributed by atoms with Gasteiger partial charge in [0.15, 0.2) is 0 Å². The highest BCUT2D eigenvalue weighted by Crippen LogP contribution is 2.20. The second-order valence-corrected chi connectivity index (χ2v) is 11.3. The van der Waals surface area contributed by atoms with Gasteiger partial charge >= 0.3 is 0 Å². The van der Waals surface area contributed by atoms with Gasteiger partial charge in [-0.3, -0.25) is 4.79 Å². The molecule has 0 aliphatic carbocycles. The van der Waals surface area contributed by atoms with Crippen LogP contribution < -0.4 is 0 Å². The van der Waals surface area contributed by atoms with Crippen LogP contribution in [-0.2, 0) is 27.9 Å². The van der Waals surface area contributed by atoms with Gasteiger partial charge in [0.25, 0.3) is 0 Å². The molecule has 1 amide bonds. The third kappa shape index (κ3) is 7.39. The zero-order valence-corrected chi connectivity index (χ0v) is 20.9. The van der Waals surface area contributed by atoms with Crippen LogP contribution in [0.4, 0.5) is 0 Å². The largest absolute Gasteiger partial charge is 0.332 e. The zero-order valence-electron chi connectivity index (χ0n) is 19.2. The quantitative estimate of drug-likeness (QED) is 0.394. The summed E-state index contributed by atoms with van der Waals surface area (Å²) in [6.45, 7) is 6.25. The Balaban J connectivity index is 1.81. The number of benzene rings is 2. The maximum absolute atomic E-state index is 13.4. The van der Waals surface area contributed by atoms with E-state index in [4.69, 9.17) is 0 Å². The van der Waals surface area contributed by atoms with Crippen molar-refractivity contribution < 1.29 is 13.2 Å². The van der Waals surface area contributed by atoms with Crippen molar-refractivity contribution >= 4 is 33.3 Å². The molecule has 7 heteroatoms. The first-order chi connectivity index (χ1) is 15.7. The first-order valence-corrected chi connectivity index (χ1v) is 13.2. The number of hydrogen-bond acceptors (Lipinski definition) is 4. The number of amides is 1. The van der Waals surface area contributed by atoms with E-state index < -0.39 is 10.0 Å². The number of carbonyl (C=O) groups is 1. The highest BCUT2D eigenvalue weighted by Gasteiger charge is 2.28. The van der Waals surface area contributed by atoms with Crippen LogP contribution in [0.5, 0.6) is 0 Å². The van der Waals surface area contributed by atoms with Crippen LogP contribution in [0.3, 0.4) is 0 Å². The summed E-state index contributed by atoms with van der Waals surface area (Å²) in [5.41, 5.74) is 1.79. The highest BCUT2D eigenvalue weighted by atomic mass is 32.2. The minimum atomic E-state index is -3.78. The summed E-state index contributed by atoms with van der Waals surface area (Å²) in [5.74, 6) is -0.227. The van der Waals surface area contributed by atoms with Gasteiger partial charge < -0.3 is 4.90 Å². The maximum Gasteiger partial charge on any atom is 0.238 e. The molecule has 0 atom stereocenters. The minimum absolute atomic E-state index is 0.212. The highest BCUT2D eigenvalue weighted by molar-refractivity contribution is 7.92. The third-order valence-electron chi connectivity index (χ3n) is 5.14. The van der Waals surface area contributed by atoms with Gasteiger partial charge in [-0.2, -0.15) is 4.31 Å². The predicted molar refractivity (Wildman–Crippen MR) is 136 cm³/mol. The molecule has 33 heavy (non-hydrogen) atoms. The van der Waals surface area contributed by atoms with Gasteiger partial charge in [0.2, 0.25) is 15.9 Å². The Bertz CT molecular complexity index is 1170. The molecule has 0 aliphatic heterocycles. The molecule has 0 bridgehead atoms. The molecule has 3 rings (SSSR count). The molecule has 1 heterocycles. The number of thiophene rings is 1. The average molecular weight is 483 g/mol. The zero-order chi connectivity index (χ0) is 23.8. The van der Waals surface area contributed by atoms with Crippen LogP contribution in [-0.4, -0.2) is 36.1 Å². The molecule has 0 fully saturated rings. The lowest BCUT2D eigenvalue weighted by Crippen LogP contribution is -2.44. The number of rotatable bonds is 10. The van der Waals surface area contributed by atoms with Crippen molar-refractivity contribution in [3.05, 3.63) is 99.1 Å². The first-order valence-electron chi connectivity index (χ1n) is 10.9. The number of aryl methyl sites for hydroxylation is 1. The second-order valence-electron chi connectivity index (χ2n) is 8.15. The summed E-state index contributed by atoms with van der Waals surface area (Å²) >= 11 is 1.64. The van der Waals surface area contributed by atoms with E-state index in [9.17, 15) is 13.2 Å². The Labute approximate surface area is 201 Å². The van der Waals surface area contributed by atoms with Crippen LogP contribution in [0, 0.1) is 6.92 Å². The molecule has 0 spiro atoms. The fourth-order valence-corrected chi connectivity index (χ4v) is 5.67. The Morgan fingerprint density at radius 1 is 0.939 bits per heavy atom. The summed E-state index contributed by atoms with van der Waals surface area (Å²) in [6, 6.07) is 22.7. The summed E-state index contributed by atoms with van der Waals surface area (Å²) < 4.78 is 27.4. The number of hydrogen-bond donors (Lipinski definition) is 0. The maximum atomic E-state index is 13.4. The molecular weight excluding hydrogens is 452 g/mol. The van der Waals surface area contributed by atoms with Gasteiger partial charge in [0.05, 0.1) is 13.1 Å². The summed E-state index contributed by atoms with van der Waals surface area (Å²) in [7, 11) is -3.78. The minimum Gasteiger partial charge on any atom is -0.332 e. The van der Waals surface area contributed by atoms with E-state index in [2.05, 4.69) is 0 Å². The molecular formula is C26H30N2O3S2.